The summed E-state index contributed by atoms with van der Waals surface area (Å²) >= 11 is 12.0. The average Bonchev–Trinajstić information content (AvgIpc) is 2.63. The molecule has 5 nitrogen and oxygen atoms in total. The molecule has 1 N–H and O–H groups in total. The molecule has 27 heavy (non-hydrogen) atoms. The Balaban J connectivity index is 1.95. The highest BCUT2D eigenvalue weighted by atomic mass is 35.5. The number of amides is 1. The molecule has 1 atom stereocenters. The lowest BCUT2D eigenvalue weighted by molar-refractivity contribution is -0.123. The molecule has 2 aromatic rings. The maximum atomic E-state index is 12.3. The zero-order chi connectivity index (χ0) is 20.0. The molecule has 2 rings (SSSR count). The van der Waals surface area contributed by atoms with Crippen LogP contribution >= 0.6 is 23.2 Å². The van der Waals surface area contributed by atoms with Crippen LogP contribution in [0.4, 0.5) is 5.69 Å². The molecule has 0 spiro atoms. The highest BCUT2D eigenvalue weighted by molar-refractivity contribution is 6.39. The number of benzene rings is 2. The van der Waals surface area contributed by atoms with Crippen LogP contribution in [0.3, 0.4) is 0 Å². The summed E-state index contributed by atoms with van der Waals surface area (Å²) in [5, 5.41) is 3.17. The van der Waals surface area contributed by atoms with Gasteiger partial charge in [0.2, 0.25) is 0 Å². The highest BCUT2D eigenvalue weighted by Gasteiger charge is 2.20. The fourth-order valence-corrected chi connectivity index (χ4v) is 2.62. The molecular weight excluding hydrogens is 389 g/mol. The van der Waals surface area contributed by atoms with Crippen molar-refractivity contribution in [3.63, 3.8) is 0 Å². The van der Waals surface area contributed by atoms with Gasteiger partial charge in [-0.15, -0.1) is 0 Å². The van der Waals surface area contributed by atoms with Crippen LogP contribution in [0.2, 0.25) is 10.0 Å². The van der Waals surface area contributed by atoms with Gasteiger partial charge < -0.3 is 14.8 Å². The van der Waals surface area contributed by atoms with Crippen LogP contribution in [0, 0.1) is 0 Å². The number of halogens is 2. The average molecular weight is 410 g/mol. The van der Waals surface area contributed by atoms with Gasteiger partial charge in [-0.25, -0.2) is 4.79 Å². The standard InChI is InChI=1S/C20H21Cl2NO4/c1-12(2)26-11-14-7-9-15(10-8-14)20(25)27-13(3)19(24)23-18-16(21)5-4-6-17(18)22/h4-10,12-13H,11H2,1-3H3,(H,23,24)/t13-/m1/s1. The summed E-state index contributed by atoms with van der Waals surface area (Å²) in [6.45, 7) is 5.84. The summed E-state index contributed by atoms with van der Waals surface area (Å²) in [6.07, 6.45) is -0.894. The summed E-state index contributed by atoms with van der Waals surface area (Å²) in [7, 11) is 0. The number of ether oxygens (including phenoxy) is 2. The van der Waals surface area contributed by atoms with E-state index in [2.05, 4.69) is 5.32 Å². The van der Waals surface area contributed by atoms with Crippen molar-refractivity contribution >= 4 is 40.8 Å². The Bertz CT molecular complexity index is 786. The second-order valence-electron chi connectivity index (χ2n) is 6.19. The molecular formula is C20H21Cl2NO4. The molecule has 2 aromatic carbocycles. The normalized spacial score (nSPS) is 11.9. The number of nitrogens with one attached hydrogen (secondary N) is 1. The molecule has 0 aliphatic carbocycles. The van der Waals surface area contributed by atoms with Crippen LogP contribution in [0.1, 0.15) is 36.7 Å². The van der Waals surface area contributed by atoms with Gasteiger partial charge >= 0.3 is 5.97 Å². The number of hydrogen-bond acceptors (Lipinski definition) is 4. The molecule has 0 unspecified atom stereocenters. The van der Waals surface area contributed by atoms with E-state index in [9.17, 15) is 9.59 Å². The van der Waals surface area contributed by atoms with E-state index < -0.39 is 18.0 Å². The number of anilines is 1. The van der Waals surface area contributed by atoms with E-state index in [1.54, 1.807) is 42.5 Å². The molecule has 0 aliphatic rings. The lowest BCUT2D eigenvalue weighted by Crippen LogP contribution is -2.30. The minimum atomic E-state index is -1.02. The van der Waals surface area contributed by atoms with Gasteiger partial charge in [0.25, 0.3) is 5.91 Å². The predicted molar refractivity (Wildman–Crippen MR) is 106 cm³/mol. The van der Waals surface area contributed by atoms with Gasteiger partial charge in [0.15, 0.2) is 6.10 Å². The van der Waals surface area contributed by atoms with Gasteiger partial charge in [0.05, 0.1) is 34.0 Å². The topological polar surface area (TPSA) is 64.6 Å². The van der Waals surface area contributed by atoms with Crippen molar-refractivity contribution in [2.45, 2.75) is 39.6 Å². The van der Waals surface area contributed by atoms with Crippen molar-refractivity contribution in [3.05, 3.63) is 63.6 Å². The van der Waals surface area contributed by atoms with Crippen LogP contribution in [-0.2, 0) is 20.9 Å². The fourth-order valence-electron chi connectivity index (χ4n) is 2.12. The molecule has 0 bridgehead atoms. The molecule has 0 saturated heterocycles. The minimum Gasteiger partial charge on any atom is -0.449 e. The molecule has 0 heterocycles. The third-order valence-corrected chi connectivity index (χ3v) is 4.27. The second kappa shape index (κ2) is 9.74. The molecule has 0 saturated carbocycles. The summed E-state index contributed by atoms with van der Waals surface area (Å²) in [5.41, 5.74) is 1.57. The molecule has 1 amide bonds. The van der Waals surface area contributed by atoms with Crippen molar-refractivity contribution < 1.29 is 19.1 Å². The van der Waals surface area contributed by atoms with Crippen molar-refractivity contribution in [2.75, 3.05) is 5.32 Å². The van der Waals surface area contributed by atoms with Crippen molar-refractivity contribution in [1.29, 1.82) is 0 Å². The molecule has 144 valence electrons. The lowest BCUT2D eigenvalue weighted by atomic mass is 10.1. The molecule has 0 radical (unpaired) electrons. The van der Waals surface area contributed by atoms with E-state index >= 15 is 0 Å². The molecule has 0 fully saturated rings. The van der Waals surface area contributed by atoms with E-state index in [4.69, 9.17) is 32.7 Å². The van der Waals surface area contributed by atoms with Gasteiger partial charge in [-0.1, -0.05) is 41.4 Å². The monoisotopic (exact) mass is 409 g/mol. The number of para-hydroxylation sites is 1. The van der Waals surface area contributed by atoms with Gasteiger partial charge in [0.1, 0.15) is 0 Å². The van der Waals surface area contributed by atoms with E-state index in [1.165, 1.54) is 6.92 Å². The predicted octanol–water partition coefficient (Wildman–Crippen LogP) is 5.10. The number of carbonyl (C=O) groups excluding carboxylic acids is 2. The summed E-state index contributed by atoms with van der Waals surface area (Å²) in [5.74, 6) is -1.13. The first-order chi connectivity index (χ1) is 12.8. The van der Waals surface area contributed by atoms with Crippen LogP contribution in [-0.4, -0.2) is 24.1 Å². The summed E-state index contributed by atoms with van der Waals surface area (Å²) in [4.78, 5) is 24.5. The van der Waals surface area contributed by atoms with Crippen LogP contribution < -0.4 is 5.32 Å². The van der Waals surface area contributed by atoms with Crippen LogP contribution in [0.25, 0.3) is 0 Å². The Hall–Kier alpha value is -2.08. The first-order valence-corrected chi connectivity index (χ1v) is 9.20. The Kier molecular flexibility index (Phi) is 7.66. The van der Waals surface area contributed by atoms with E-state index in [0.29, 0.717) is 22.2 Å². The van der Waals surface area contributed by atoms with Gasteiger partial charge in [0, 0.05) is 0 Å². The number of esters is 1. The minimum absolute atomic E-state index is 0.126. The first-order valence-electron chi connectivity index (χ1n) is 8.44. The Labute approximate surface area is 168 Å². The number of hydrogen-bond donors (Lipinski definition) is 1. The maximum Gasteiger partial charge on any atom is 0.338 e. The van der Waals surface area contributed by atoms with E-state index in [1.807, 2.05) is 13.8 Å². The third kappa shape index (κ3) is 6.24. The number of carbonyl (C=O) groups is 2. The molecule has 7 heteroatoms. The Morgan fingerprint density at radius 3 is 2.15 bits per heavy atom. The Morgan fingerprint density at radius 2 is 1.59 bits per heavy atom. The smallest absolute Gasteiger partial charge is 0.338 e. The second-order valence-corrected chi connectivity index (χ2v) is 7.00. The van der Waals surface area contributed by atoms with Crippen molar-refractivity contribution in [3.8, 4) is 0 Å². The number of rotatable bonds is 7. The van der Waals surface area contributed by atoms with E-state index in [0.717, 1.165) is 5.56 Å². The maximum absolute atomic E-state index is 12.3. The fraction of sp³-hybridized carbons (Fsp3) is 0.300. The van der Waals surface area contributed by atoms with Crippen molar-refractivity contribution in [1.82, 2.24) is 0 Å². The van der Waals surface area contributed by atoms with Gasteiger partial charge in [-0.3, -0.25) is 4.79 Å². The molecule has 0 aromatic heterocycles. The van der Waals surface area contributed by atoms with Crippen LogP contribution in [0.15, 0.2) is 42.5 Å². The quantitative estimate of drug-likeness (QED) is 0.645. The van der Waals surface area contributed by atoms with Crippen molar-refractivity contribution in [2.24, 2.45) is 0 Å². The highest BCUT2D eigenvalue weighted by Crippen LogP contribution is 2.30. The SMILES string of the molecule is CC(C)OCc1ccc(C(=O)O[C@H](C)C(=O)Nc2c(Cl)cccc2Cl)cc1. The zero-order valence-corrected chi connectivity index (χ0v) is 16.8. The summed E-state index contributed by atoms with van der Waals surface area (Å²) in [6, 6.07) is 11.7. The third-order valence-electron chi connectivity index (χ3n) is 3.64. The first kappa shape index (κ1) is 21.2. The largest absolute Gasteiger partial charge is 0.449 e. The van der Waals surface area contributed by atoms with Gasteiger partial charge in [-0.2, -0.15) is 0 Å². The lowest BCUT2D eigenvalue weighted by Gasteiger charge is -2.15. The summed E-state index contributed by atoms with van der Waals surface area (Å²) < 4.78 is 10.7. The van der Waals surface area contributed by atoms with E-state index in [-0.39, 0.29) is 11.8 Å². The van der Waals surface area contributed by atoms with Gasteiger partial charge in [-0.05, 0) is 50.6 Å². The van der Waals surface area contributed by atoms with Crippen LogP contribution in [0.5, 0.6) is 0 Å². The Morgan fingerprint density at radius 1 is 1.00 bits per heavy atom. The molecule has 0 aliphatic heterocycles. The zero-order valence-electron chi connectivity index (χ0n) is 15.3.